The van der Waals surface area contributed by atoms with E-state index in [0.717, 1.165) is 18.7 Å². The number of azide groups is 1. The van der Waals surface area contributed by atoms with E-state index in [1.807, 2.05) is 5.32 Å². The first kappa shape index (κ1) is 17.9. The molecule has 0 aromatic heterocycles. The van der Waals surface area contributed by atoms with Crippen LogP contribution < -0.4 is 5.32 Å². The van der Waals surface area contributed by atoms with Crippen molar-refractivity contribution in [3.8, 4) is 0 Å². The third kappa shape index (κ3) is 3.11. The molecule has 11 nitrogen and oxygen atoms in total. The summed E-state index contributed by atoms with van der Waals surface area (Å²) >= 11 is 0. The zero-order valence-electron chi connectivity index (χ0n) is 12.9. The highest BCUT2D eigenvalue weighted by molar-refractivity contribution is 6.02. The van der Waals surface area contributed by atoms with Crippen molar-refractivity contribution in [3.63, 3.8) is 0 Å². The van der Waals surface area contributed by atoms with Gasteiger partial charge in [-0.3, -0.25) is 19.8 Å². The highest BCUT2D eigenvalue weighted by Crippen LogP contribution is 2.34. The molecular formula is C12H16FN5O6. The number of nitrogens with one attached hydrogen (secondary N) is 1. The number of aliphatic hydroxyl groups is 1. The third-order valence-corrected chi connectivity index (χ3v) is 3.79. The second-order valence-electron chi connectivity index (χ2n) is 5.52. The van der Waals surface area contributed by atoms with Crippen molar-refractivity contribution in [1.82, 2.24) is 10.2 Å². The molecule has 0 radical (unpaired) electrons. The molecule has 2 saturated heterocycles. The van der Waals surface area contributed by atoms with Crippen molar-refractivity contribution in [2.24, 2.45) is 5.11 Å². The fourth-order valence-electron chi connectivity index (χ4n) is 2.61. The zero-order chi connectivity index (χ0) is 18.1. The molecule has 2 unspecified atom stereocenters. The largest absolute Gasteiger partial charge is 0.437 e. The lowest BCUT2D eigenvalue weighted by Crippen LogP contribution is -2.70. The van der Waals surface area contributed by atoms with Gasteiger partial charge in [0.2, 0.25) is 11.9 Å². The molecule has 5 atom stereocenters. The van der Waals surface area contributed by atoms with Crippen molar-refractivity contribution in [2.45, 2.75) is 50.5 Å². The summed E-state index contributed by atoms with van der Waals surface area (Å²) in [4.78, 5) is 38.4. The first-order valence-corrected chi connectivity index (χ1v) is 7.02. The van der Waals surface area contributed by atoms with E-state index >= 15 is 0 Å². The lowest BCUT2D eigenvalue weighted by molar-refractivity contribution is -0.197. The SMILES string of the molecule is CC(=O)OC1N([C@H]2C[C@H](N=[N+]=[N-])[C@@H](CO)O2)C(=O)NC(=O)C1(C)F. The summed E-state index contributed by atoms with van der Waals surface area (Å²) in [5, 5.41) is 14.5. The van der Waals surface area contributed by atoms with Crippen molar-refractivity contribution in [3.05, 3.63) is 10.4 Å². The number of nitrogens with zero attached hydrogens (tertiary/aromatic N) is 4. The van der Waals surface area contributed by atoms with Crippen LogP contribution in [0.4, 0.5) is 9.18 Å². The molecule has 2 rings (SSSR count). The minimum atomic E-state index is -2.71. The summed E-state index contributed by atoms with van der Waals surface area (Å²) < 4.78 is 24.9. The van der Waals surface area contributed by atoms with Gasteiger partial charge < -0.3 is 14.6 Å². The topological polar surface area (TPSA) is 154 Å². The highest BCUT2D eigenvalue weighted by atomic mass is 19.1. The Morgan fingerprint density at radius 3 is 2.88 bits per heavy atom. The number of aliphatic hydroxyl groups excluding tert-OH is 1. The lowest BCUT2D eigenvalue weighted by atomic mass is 10.0. The van der Waals surface area contributed by atoms with Gasteiger partial charge in [0.05, 0.1) is 18.8 Å². The van der Waals surface area contributed by atoms with E-state index in [0.29, 0.717) is 0 Å². The number of amides is 3. The molecule has 12 heteroatoms. The number of esters is 1. The number of imide groups is 1. The van der Waals surface area contributed by atoms with Gasteiger partial charge in [-0.1, -0.05) is 5.11 Å². The Morgan fingerprint density at radius 2 is 2.33 bits per heavy atom. The average molecular weight is 345 g/mol. The maximum atomic E-state index is 14.7. The summed E-state index contributed by atoms with van der Waals surface area (Å²) in [5.41, 5.74) is 5.82. The van der Waals surface area contributed by atoms with Crippen LogP contribution in [0.25, 0.3) is 10.4 Å². The molecule has 3 amide bonds. The molecule has 24 heavy (non-hydrogen) atoms. The van der Waals surface area contributed by atoms with E-state index < -0.39 is 54.8 Å². The van der Waals surface area contributed by atoms with E-state index in [2.05, 4.69) is 10.0 Å². The number of carbonyl (C=O) groups is 3. The highest BCUT2D eigenvalue weighted by Gasteiger charge is 2.57. The summed E-state index contributed by atoms with van der Waals surface area (Å²) in [6, 6.07) is -1.83. The maximum Gasteiger partial charge on any atom is 0.329 e. The fraction of sp³-hybridized carbons (Fsp3) is 0.750. The molecular weight excluding hydrogens is 329 g/mol. The molecule has 0 saturated carbocycles. The van der Waals surface area contributed by atoms with Crippen molar-refractivity contribution >= 4 is 17.9 Å². The number of urea groups is 1. The van der Waals surface area contributed by atoms with Crippen LogP contribution in [-0.2, 0) is 19.1 Å². The number of rotatable bonds is 4. The fourth-order valence-corrected chi connectivity index (χ4v) is 2.61. The molecule has 2 aliphatic rings. The van der Waals surface area contributed by atoms with Gasteiger partial charge in [0.1, 0.15) is 6.23 Å². The Balaban J connectivity index is 2.34. The molecule has 0 spiro atoms. The van der Waals surface area contributed by atoms with E-state index in [1.54, 1.807) is 0 Å². The normalized spacial score (nSPS) is 36.1. The Labute approximate surface area is 135 Å². The molecule has 2 heterocycles. The Bertz CT molecular complexity index is 607. The van der Waals surface area contributed by atoms with Gasteiger partial charge in [-0.2, -0.15) is 0 Å². The average Bonchev–Trinajstić information content (AvgIpc) is 2.88. The van der Waals surface area contributed by atoms with Gasteiger partial charge in [-0.15, -0.1) is 0 Å². The standard InChI is InChI=1S/C12H16FN5O6/c1-5(20)23-10-12(2,13)9(21)15-11(22)18(10)8-3-6(16-17-14)7(4-19)24-8/h6-8,10,19H,3-4H2,1-2H3,(H,15,21,22)/t6-,7+,8+,10?,12?/m0/s1. The van der Waals surface area contributed by atoms with Crippen molar-refractivity contribution in [1.29, 1.82) is 0 Å². The molecule has 132 valence electrons. The van der Waals surface area contributed by atoms with Gasteiger partial charge in [0.25, 0.3) is 5.91 Å². The van der Waals surface area contributed by atoms with Crippen LogP contribution in [0.1, 0.15) is 20.3 Å². The van der Waals surface area contributed by atoms with Crippen molar-refractivity contribution < 1.29 is 33.4 Å². The third-order valence-electron chi connectivity index (χ3n) is 3.79. The molecule has 2 aliphatic heterocycles. The van der Waals surface area contributed by atoms with Gasteiger partial charge in [0.15, 0.2) is 0 Å². The first-order chi connectivity index (χ1) is 11.2. The monoisotopic (exact) mass is 345 g/mol. The Hall–Kier alpha value is -2.43. The number of alkyl halides is 1. The number of carbonyl (C=O) groups excluding carboxylic acids is 3. The smallest absolute Gasteiger partial charge is 0.329 e. The molecule has 0 bridgehead atoms. The van der Waals surface area contributed by atoms with E-state index in [-0.39, 0.29) is 6.42 Å². The predicted molar refractivity (Wildman–Crippen MR) is 73.7 cm³/mol. The number of ether oxygens (including phenoxy) is 2. The van der Waals surface area contributed by atoms with Crippen LogP contribution in [-0.4, -0.2) is 64.8 Å². The summed E-state index contributed by atoms with van der Waals surface area (Å²) in [7, 11) is 0. The van der Waals surface area contributed by atoms with E-state index in [4.69, 9.17) is 15.0 Å². The number of halogens is 1. The van der Waals surface area contributed by atoms with Gasteiger partial charge >= 0.3 is 12.0 Å². The van der Waals surface area contributed by atoms with Crippen molar-refractivity contribution in [2.75, 3.05) is 6.61 Å². The zero-order valence-corrected chi connectivity index (χ0v) is 12.9. The molecule has 2 N–H and O–H groups in total. The van der Waals surface area contributed by atoms with Gasteiger partial charge in [-0.05, 0) is 12.5 Å². The number of hydrogen-bond acceptors (Lipinski definition) is 7. The van der Waals surface area contributed by atoms with Crippen LogP contribution in [0.5, 0.6) is 0 Å². The van der Waals surface area contributed by atoms with Gasteiger partial charge in [-0.25, -0.2) is 9.18 Å². The lowest BCUT2D eigenvalue weighted by Gasteiger charge is -2.43. The number of hydrogen-bond donors (Lipinski definition) is 2. The molecule has 0 aromatic rings. The second kappa shape index (κ2) is 6.59. The minimum Gasteiger partial charge on any atom is -0.437 e. The molecule has 0 aromatic carbocycles. The van der Waals surface area contributed by atoms with Crippen LogP contribution >= 0.6 is 0 Å². The summed E-state index contributed by atoms with van der Waals surface area (Å²) in [6.07, 6.45) is -4.00. The van der Waals surface area contributed by atoms with Crippen LogP contribution in [0.15, 0.2) is 5.11 Å². The van der Waals surface area contributed by atoms with Gasteiger partial charge in [0, 0.05) is 18.3 Å². The Kier molecular flexibility index (Phi) is 4.92. The maximum absolute atomic E-state index is 14.7. The Morgan fingerprint density at radius 1 is 1.67 bits per heavy atom. The van der Waals surface area contributed by atoms with Crippen LogP contribution in [0.2, 0.25) is 0 Å². The molecule has 2 fully saturated rings. The quantitative estimate of drug-likeness (QED) is 0.315. The van der Waals surface area contributed by atoms with Crippen LogP contribution in [0, 0.1) is 0 Å². The van der Waals surface area contributed by atoms with E-state index in [9.17, 15) is 23.9 Å². The molecule has 0 aliphatic carbocycles. The second-order valence-corrected chi connectivity index (χ2v) is 5.52. The predicted octanol–water partition coefficient (Wildman–Crippen LogP) is -0.0582. The first-order valence-electron chi connectivity index (χ1n) is 7.02. The summed E-state index contributed by atoms with van der Waals surface area (Å²) in [5.74, 6) is -2.15. The summed E-state index contributed by atoms with van der Waals surface area (Å²) in [6.45, 7) is 1.36. The van der Waals surface area contributed by atoms with E-state index in [1.165, 1.54) is 0 Å². The van der Waals surface area contributed by atoms with Crippen LogP contribution in [0.3, 0.4) is 0 Å². The minimum absolute atomic E-state index is 0.0647.